The van der Waals surface area contributed by atoms with Crippen molar-refractivity contribution >= 4 is 17.1 Å². The SMILES string of the molecule is c1ccc(-c2cccc(-c3cccc(N(c4cccc(-c5ccccc5)c4)c4ccccc4-c4ccccc4)c3)c2)cc1. The third-order valence-corrected chi connectivity index (χ3v) is 7.85. The molecule has 0 spiro atoms. The lowest BCUT2D eigenvalue weighted by Gasteiger charge is -2.28. The van der Waals surface area contributed by atoms with Gasteiger partial charge in [0.15, 0.2) is 0 Å². The van der Waals surface area contributed by atoms with Gasteiger partial charge in [-0.1, -0.05) is 152 Å². The predicted molar refractivity (Wildman–Crippen MR) is 183 cm³/mol. The van der Waals surface area contributed by atoms with Gasteiger partial charge in [-0.2, -0.15) is 0 Å². The lowest BCUT2D eigenvalue weighted by molar-refractivity contribution is 1.28. The number of hydrogen-bond donors (Lipinski definition) is 0. The fourth-order valence-electron chi connectivity index (χ4n) is 5.75. The van der Waals surface area contributed by atoms with Crippen molar-refractivity contribution < 1.29 is 0 Å². The largest absolute Gasteiger partial charge is 0.310 e. The van der Waals surface area contributed by atoms with Crippen molar-refractivity contribution in [1.29, 1.82) is 0 Å². The zero-order valence-electron chi connectivity index (χ0n) is 23.8. The summed E-state index contributed by atoms with van der Waals surface area (Å²) in [6.07, 6.45) is 0. The minimum atomic E-state index is 1.11. The minimum Gasteiger partial charge on any atom is -0.310 e. The Morgan fingerprint density at radius 3 is 1.19 bits per heavy atom. The van der Waals surface area contributed by atoms with Crippen molar-refractivity contribution in [2.75, 3.05) is 4.90 Å². The molecular weight excluding hydrogens is 518 g/mol. The highest BCUT2D eigenvalue weighted by atomic mass is 15.1. The maximum atomic E-state index is 2.39. The fourth-order valence-corrected chi connectivity index (χ4v) is 5.75. The topological polar surface area (TPSA) is 3.24 Å². The van der Waals surface area contributed by atoms with E-state index in [1.165, 1.54) is 44.5 Å². The lowest BCUT2D eigenvalue weighted by atomic mass is 9.98. The standard InChI is InChI=1S/C42H31N/c1-4-15-32(16-5-1)35-21-12-22-36(29-35)38-24-14-26-40(31-38)43(39-25-13-23-37(30-39)33-17-6-2-7-18-33)42-28-11-10-27-41(42)34-19-8-3-9-20-34/h1-31H. The van der Waals surface area contributed by atoms with E-state index in [-0.39, 0.29) is 0 Å². The second kappa shape index (κ2) is 12.1. The molecule has 7 aromatic carbocycles. The summed E-state index contributed by atoms with van der Waals surface area (Å²) in [6, 6.07) is 67.0. The van der Waals surface area contributed by atoms with Crippen LogP contribution in [0.2, 0.25) is 0 Å². The first-order valence-electron chi connectivity index (χ1n) is 14.7. The average Bonchev–Trinajstić information content (AvgIpc) is 3.10. The molecule has 0 saturated carbocycles. The van der Waals surface area contributed by atoms with Gasteiger partial charge < -0.3 is 4.90 Å². The molecule has 0 heterocycles. The first-order chi connectivity index (χ1) is 21.3. The molecule has 1 heteroatoms. The van der Waals surface area contributed by atoms with E-state index in [0.717, 1.165) is 17.1 Å². The van der Waals surface area contributed by atoms with E-state index in [2.05, 4.69) is 193 Å². The highest BCUT2D eigenvalue weighted by molar-refractivity contribution is 5.90. The number of rotatable bonds is 7. The van der Waals surface area contributed by atoms with Crippen molar-refractivity contribution in [3.63, 3.8) is 0 Å². The van der Waals surface area contributed by atoms with Crippen molar-refractivity contribution in [3.8, 4) is 44.5 Å². The van der Waals surface area contributed by atoms with Gasteiger partial charge in [0.2, 0.25) is 0 Å². The van der Waals surface area contributed by atoms with Gasteiger partial charge in [-0.25, -0.2) is 0 Å². The van der Waals surface area contributed by atoms with Gasteiger partial charge in [0.05, 0.1) is 5.69 Å². The molecule has 0 unspecified atom stereocenters. The molecule has 43 heavy (non-hydrogen) atoms. The Labute approximate surface area is 254 Å². The molecule has 0 fully saturated rings. The Hall–Kier alpha value is -5.66. The smallest absolute Gasteiger partial charge is 0.0540 e. The van der Waals surface area contributed by atoms with Crippen molar-refractivity contribution in [2.45, 2.75) is 0 Å². The fraction of sp³-hybridized carbons (Fsp3) is 0. The molecule has 0 aliphatic heterocycles. The van der Waals surface area contributed by atoms with Crippen LogP contribution in [0.1, 0.15) is 0 Å². The van der Waals surface area contributed by atoms with Gasteiger partial charge in [0.25, 0.3) is 0 Å². The molecule has 0 aliphatic carbocycles. The molecule has 1 nitrogen and oxygen atoms in total. The van der Waals surface area contributed by atoms with E-state index in [4.69, 9.17) is 0 Å². The molecule has 0 N–H and O–H groups in total. The van der Waals surface area contributed by atoms with E-state index < -0.39 is 0 Å². The van der Waals surface area contributed by atoms with Gasteiger partial charge in [-0.05, 0) is 75.3 Å². The summed E-state index contributed by atoms with van der Waals surface area (Å²) in [5, 5.41) is 0. The summed E-state index contributed by atoms with van der Waals surface area (Å²) >= 11 is 0. The Balaban J connectivity index is 1.39. The van der Waals surface area contributed by atoms with Crippen LogP contribution in [0, 0.1) is 0 Å². The summed E-state index contributed by atoms with van der Waals surface area (Å²) in [5.41, 5.74) is 12.9. The molecule has 204 valence electrons. The molecule has 0 bridgehead atoms. The number of para-hydroxylation sites is 1. The third-order valence-electron chi connectivity index (χ3n) is 7.85. The van der Waals surface area contributed by atoms with E-state index in [1.807, 2.05) is 0 Å². The summed E-state index contributed by atoms with van der Waals surface area (Å²) in [7, 11) is 0. The van der Waals surface area contributed by atoms with Crippen LogP contribution in [0.25, 0.3) is 44.5 Å². The van der Waals surface area contributed by atoms with Crippen molar-refractivity contribution in [3.05, 3.63) is 188 Å². The number of anilines is 3. The second-order valence-corrected chi connectivity index (χ2v) is 10.6. The number of nitrogens with zero attached hydrogens (tertiary/aromatic N) is 1. The normalized spacial score (nSPS) is 10.8. The summed E-state index contributed by atoms with van der Waals surface area (Å²) < 4.78 is 0. The zero-order valence-corrected chi connectivity index (χ0v) is 23.8. The lowest BCUT2D eigenvalue weighted by Crippen LogP contribution is -2.11. The Morgan fingerprint density at radius 2 is 0.628 bits per heavy atom. The second-order valence-electron chi connectivity index (χ2n) is 10.6. The van der Waals surface area contributed by atoms with E-state index in [1.54, 1.807) is 0 Å². The maximum absolute atomic E-state index is 2.39. The average molecular weight is 550 g/mol. The molecule has 7 rings (SSSR count). The molecule has 0 atom stereocenters. The van der Waals surface area contributed by atoms with Crippen LogP contribution in [-0.4, -0.2) is 0 Å². The molecule has 0 amide bonds. The predicted octanol–water partition coefficient (Wildman–Crippen LogP) is 11.8. The molecule has 0 aliphatic rings. The van der Waals surface area contributed by atoms with Gasteiger partial charge in [-0.15, -0.1) is 0 Å². The highest BCUT2D eigenvalue weighted by Crippen LogP contribution is 2.42. The van der Waals surface area contributed by atoms with Crippen LogP contribution in [0.15, 0.2) is 188 Å². The van der Waals surface area contributed by atoms with Crippen LogP contribution in [0.5, 0.6) is 0 Å². The molecule has 0 radical (unpaired) electrons. The summed E-state index contributed by atoms with van der Waals surface area (Å²) in [4.78, 5) is 2.39. The van der Waals surface area contributed by atoms with Crippen LogP contribution >= 0.6 is 0 Å². The summed E-state index contributed by atoms with van der Waals surface area (Å²) in [6.45, 7) is 0. The Bertz CT molecular complexity index is 1960. The first-order valence-corrected chi connectivity index (χ1v) is 14.7. The molecule has 7 aromatic rings. The van der Waals surface area contributed by atoms with Crippen LogP contribution < -0.4 is 4.90 Å². The molecular formula is C42H31N. The highest BCUT2D eigenvalue weighted by Gasteiger charge is 2.18. The van der Waals surface area contributed by atoms with Crippen LogP contribution in [-0.2, 0) is 0 Å². The van der Waals surface area contributed by atoms with Crippen molar-refractivity contribution in [2.24, 2.45) is 0 Å². The van der Waals surface area contributed by atoms with E-state index >= 15 is 0 Å². The Morgan fingerprint density at radius 1 is 0.256 bits per heavy atom. The quantitative estimate of drug-likeness (QED) is 0.191. The Kier molecular flexibility index (Phi) is 7.36. The molecule has 0 saturated heterocycles. The zero-order chi connectivity index (χ0) is 28.8. The van der Waals surface area contributed by atoms with Gasteiger partial charge >= 0.3 is 0 Å². The number of benzene rings is 7. The monoisotopic (exact) mass is 549 g/mol. The van der Waals surface area contributed by atoms with Crippen LogP contribution in [0.4, 0.5) is 17.1 Å². The third kappa shape index (κ3) is 5.62. The first kappa shape index (κ1) is 26.3. The van der Waals surface area contributed by atoms with Gasteiger partial charge in [0.1, 0.15) is 0 Å². The molecule has 0 aromatic heterocycles. The number of hydrogen-bond acceptors (Lipinski definition) is 1. The van der Waals surface area contributed by atoms with Crippen molar-refractivity contribution in [1.82, 2.24) is 0 Å². The van der Waals surface area contributed by atoms with Crippen LogP contribution in [0.3, 0.4) is 0 Å². The van der Waals surface area contributed by atoms with Gasteiger partial charge in [-0.3, -0.25) is 0 Å². The summed E-state index contributed by atoms with van der Waals surface area (Å²) in [5.74, 6) is 0. The minimum absolute atomic E-state index is 1.11. The van der Waals surface area contributed by atoms with E-state index in [0.29, 0.717) is 0 Å². The van der Waals surface area contributed by atoms with Gasteiger partial charge in [0, 0.05) is 16.9 Å². The van der Waals surface area contributed by atoms with E-state index in [9.17, 15) is 0 Å². The maximum Gasteiger partial charge on any atom is 0.0540 e.